The van der Waals surface area contributed by atoms with E-state index < -0.39 is 0 Å². The van der Waals surface area contributed by atoms with Gasteiger partial charge in [-0.1, -0.05) is 12.1 Å². The van der Waals surface area contributed by atoms with Crippen LogP contribution >= 0.6 is 11.3 Å². The van der Waals surface area contributed by atoms with E-state index in [1.807, 2.05) is 39.0 Å². The van der Waals surface area contributed by atoms with E-state index in [0.717, 1.165) is 21.7 Å². The van der Waals surface area contributed by atoms with Crippen molar-refractivity contribution in [3.63, 3.8) is 0 Å². The molecule has 0 fully saturated rings. The Morgan fingerprint density at radius 2 is 2.06 bits per heavy atom. The highest BCUT2D eigenvalue weighted by molar-refractivity contribution is 7.09. The molecule has 88 valence electrons. The molecule has 2 aromatic rings. The van der Waals surface area contributed by atoms with Crippen LogP contribution in [-0.2, 0) is 0 Å². The van der Waals surface area contributed by atoms with E-state index in [2.05, 4.69) is 10.3 Å². The summed E-state index contributed by atoms with van der Waals surface area (Å²) in [5, 5.41) is 2.90. The lowest BCUT2D eigenvalue weighted by Gasteiger charge is -2.08. The van der Waals surface area contributed by atoms with Gasteiger partial charge in [-0.3, -0.25) is 4.79 Å². The van der Waals surface area contributed by atoms with Gasteiger partial charge in [-0.25, -0.2) is 4.98 Å². The molecule has 17 heavy (non-hydrogen) atoms. The van der Waals surface area contributed by atoms with Gasteiger partial charge in [-0.05, 0) is 38.0 Å². The molecule has 0 aliphatic heterocycles. The molecular formula is C13H14N2OS. The minimum atomic E-state index is -0.141. The first-order valence-electron chi connectivity index (χ1n) is 5.36. The number of hydrogen-bond donors (Lipinski definition) is 1. The van der Waals surface area contributed by atoms with E-state index in [1.165, 1.54) is 11.3 Å². The van der Waals surface area contributed by atoms with Crippen LogP contribution in [0, 0.1) is 20.8 Å². The maximum atomic E-state index is 12.0. The Morgan fingerprint density at radius 3 is 2.71 bits per heavy atom. The van der Waals surface area contributed by atoms with Gasteiger partial charge in [-0.15, -0.1) is 11.3 Å². The van der Waals surface area contributed by atoms with Crippen LogP contribution in [0.15, 0.2) is 23.7 Å². The zero-order chi connectivity index (χ0) is 12.4. The summed E-state index contributed by atoms with van der Waals surface area (Å²) in [6.07, 6.45) is 0. The van der Waals surface area contributed by atoms with Crippen LogP contribution in [0.2, 0.25) is 0 Å². The maximum absolute atomic E-state index is 12.0. The van der Waals surface area contributed by atoms with Crippen LogP contribution in [0.4, 0.5) is 5.69 Å². The number of rotatable bonds is 2. The second kappa shape index (κ2) is 4.67. The van der Waals surface area contributed by atoms with Crippen molar-refractivity contribution in [2.24, 2.45) is 0 Å². The summed E-state index contributed by atoms with van der Waals surface area (Å²) in [6.45, 7) is 5.88. The van der Waals surface area contributed by atoms with E-state index in [-0.39, 0.29) is 5.91 Å². The molecule has 0 atom stereocenters. The Labute approximate surface area is 105 Å². The molecule has 0 aliphatic carbocycles. The number of carbonyl (C=O) groups is 1. The van der Waals surface area contributed by atoms with Gasteiger partial charge < -0.3 is 5.32 Å². The second-order valence-electron chi connectivity index (χ2n) is 4.03. The lowest BCUT2D eigenvalue weighted by atomic mass is 10.1. The van der Waals surface area contributed by atoms with Crippen LogP contribution < -0.4 is 5.32 Å². The van der Waals surface area contributed by atoms with Gasteiger partial charge in [-0.2, -0.15) is 0 Å². The summed E-state index contributed by atoms with van der Waals surface area (Å²) in [5.74, 6) is -0.141. The van der Waals surface area contributed by atoms with Gasteiger partial charge in [0, 0.05) is 10.6 Å². The SMILES string of the molecule is Cc1ccc(C)c(NC(=O)c2ncsc2C)c1. The molecule has 4 heteroatoms. The molecule has 0 saturated carbocycles. The Hall–Kier alpha value is -1.68. The minimum Gasteiger partial charge on any atom is -0.320 e. The molecule has 1 N–H and O–H groups in total. The molecule has 2 rings (SSSR count). The highest BCUT2D eigenvalue weighted by atomic mass is 32.1. The fraction of sp³-hybridized carbons (Fsp3) is 0.231. The van der Waals surface area contributed by atoms with Gasteiger partial charge in [0.05, 0.1) is 5.51 Å². The normalized spacial score (nSPS) is 10.3. The van der Waals surface area contributed by atoms with Crippen molar-refractivity contribution in [1.82, 2.24) is 4.98 Å². The molecule has 0 unspecified atom stereocenters. The zero-order valence-electron chi connectivity index (χ0n) is 10.1. The molecule has 0 bridgehead atoms. The topological polar surface area (TPSA) is 42.0 Å². The third-order valence-corrected chi connectivity index (χ3v) is 3.36. The van der Waals surface area contributed by atoms with Gasteiger partial charge in [0.25, 0.3) is 5.91 Å². The zero-order valence-corrected chi connectivity index (χ0v) is 10.9. The quantitative estimate of drug-likeness (QED) is 0.883. The standard InChI is InChI=1S/C13H14N2OS/c1-8-4-5-9(2)11(6-8)15-13(16)12-10(3)17-7-14-12/h4-7H,1-3H3,(H,15,16). The van der Waals surface area contributed by atoms with Crippen molar-refractivity contribution >= 4 is 22.9 Å². The third kappa shape index (κ3) is 2.53. The summed E-state index contributed by atoms with van der Waals surface area (Å²) < 4.78 is 0. The predicted molar refractivity (Wildman–Crippen MR) is 70.7 cm³/mol. The van der Waals surface area contributed by atoms with Crippen molar-refractivity contribution in [2.45, 2.75) is 20.8 Å². The average Bonchev–Trinajstić information content (AvgIpc) is 2.70. The number of hydrogen-bond acceptors (Lipinski definition) is 3. The molecule has 0 saturated heterocycles. The highest BCUT2D eigenvalue weighted by Crippen LogP contribution is 2.18. The summed E-state index contributed by atoms with van der Waals surface area (Å²) in [7, 11) is 0. The molecule has 0 spiro atoms. The van der Waals surface area contributed by atoms with E-state index in [1.54, 1.807) is 5.51 Å². The molecule has 3 nitrogen and oxygen atoms in total. The number of amides is 1. The fourth-order valence-electron chi connectivity index (χ4n) is 1.58. The Kier molecular flexibility index (Phi) is 3.24. The summed E-state index contributed by atoms with van der Waals surface area (Å²) in [5.41, 5.74) is 5.23. The Morgan fingerprint density at radius 1 is 1.29 bits per heavy atom. The van der Waals surface area contributed by atoms with E-state index in [0.29, 0.717) is 5.69 Å². The largest absolute Gasteiger partial charge is 0.320 e. The molecule has 0 radical (unpaired) electrons. The lowest BCUT2D eigenvalue weighted by Crippen LogP contribution is -2.14. The van der Waals surface area contributed by atoms with Gasteiger partial charge in [0.1, 0.15) is 5.69 Å². The number of aryl methyl sites for hydroxylation is 3. The summed E-state index contributed by atoms with van der Waals surface area (Å²) >= 11 is 1.48. The molecule has 0 aliphatic rings. The van der Waals surface area contributed by atoms with E-state index in [9.17, 15) is 4.79 Å². The molecule has 1 amide bonds. The number of anilines is 1. The minimum absolute atomic E-state index is 0.141. The number of thiazole rings is 1. The van der Waals surface area contributed by atoms with Gasteiger partial charge in [0.15, 0.2) is 0 Å². The molecule has 1 heterocycles. The predicted octanol–water partition coefficient (Wildman–Crippen LogP) is 3.32. The average molecular weight is 246 g/mol. The molecule has 1 aromatic carbocycles. The van der Waals surface area contributed by atoms with Crippen molar-refractivity contribution in [2.75, 3.05) is 5.32 Å². The van der Waals surface area contributed by atoms with Crippen molar-refractivity contribution < 1.29 is 4.79 Å². The first kappa shape index (κ1) is 11.8. The third-order valence-electron chi connectivity index (χ3n) is 2.60. The second-order valence-corrected chi connectivity index (χ2v) is 5.09. The first-order valence-corrected chi connectivity index (χ1v) is 6.24. The van der Waals surface area contributed by atoms with Crippen LogP contribution in [0.25, 0.3) is 0 Å². The molecular weight excluding hydrogens is 232 g/mol. The van der Waals surface area contributed by atoms with Crippen LogP contribution in [-0.4, -0.2) is 10.9 Å². The monoisotopic (exact) mass is 246 g/mol. The highest BCUT2D eigenvalue weighted by Gasteiger charge is 2.12. The van der Waals surface area contributed by atoms with Crippen LogP contribution in [0.5, 0.6) is 0 Å². The van der Waals surface area contributed by atoms with Crippen molar-refractivity contribution in [1.29, 1.82) is 0 Å². The number of nitrogens with one attached hydrogen (secondary N) is 1. The maximum Gasteiger partial charge on any atom is 0.275 e. The number of benzene rings is 1. The summed E-state index contributed by atoms with van der Waals surface area (Å²) in [4.78, 5) is 17.0. The van der Waals surface area contributed by atoms with Gasteiger partial charge in [0.2, 0.25) is 0 Å². The lowest BCUT2D eigenvalue weighted by molar-refractivity contribution is 0.102. The first-order chi connectivity index (χ1) is 8.08. The number of carbonyl (C=O) groups excluding carboxylic acids is 1. The van der Waals surface area contributed by atoms with Crippen LogP contribution in [0.1, 0.15) is 26.5 Å². The fourth-order valence-corrected chi connectivity index (χ4v) is 2.15. The smallest absolute Gasteiger partial charge is 0.275 e. The number of aromatic nitrogens is 1. The molecule has 1 aromatic heterocycles. The van der Waals surface area contributed by atoms with Gasteiger partial charge >= 0.3 is 0 Å². The summed E-state index contributed by atoms with van der Waals surface area (Å²) in [6, 6.07) is 5.99. The Bertz CT molecular complexity index is 560. The van der Waals surface area contributed by atoms with E-state index >= 15 is 0 Å². The van der Waals surface area contributed by atoms with E-state index in [4.69, 9.17) is 0 Å². The van der Waals surface area contributed by atoms with Crippen LogP contribution in [0.3, 0.4) is 0 Å². The van der Waals surface area contributed by atoms with Crippen molar-refractivity contribution in [3.05, 3.63) is 45.4 Å². The number of nitrogens with zero attached hydrogens (tertiary/aromatic N) is 1. The Balaban J connectivity index is 2.24. The van der Waals surface area contributed by atoms with Crippen molar-refractivity contribution in [3.8, 4) is 0 Å².